The van der Waals surface area contributed by atoms with Gasteiger partial charge in [-0.1, -0.05) is 18.5 Å². The third kappa shape index (κ3) is 2.81. The van der Waals surface area contributed by atoms with Gasteiger partial charge in [0.25, 0.3) is 0 Å². The van der Waals surface area contributed by atoms with E-state index in [0.29, 0.717) is 24.3 Å². The second-order valence-corrected chi connectivity index (χ2v) is 6.98. The average molecular weight is 344 g/mol. The molecule has 23 heavy (non-hydrogen) atoms. The number of piperidine rings is 1. The molecule has 4 atom stereocenters. The van der Waals surface area contributed by atoms with E-state index in [2.05, 4.69) is 11.1 Å². The largest absolute Gasteiger partial charge is 0.401 e. The number of rotatable bonds is 2. The van der Waals surface area contributed by atoms with E-state index in [1.807, 2.05) is 6.92 Å². The number of nitrogens with zero attached hydrogens (tertiary/aromatic N) is 3. The van der Waals surface area contributed by atoms with Gasteiger partial charge in [0.1, 0.15) is 5.54 Å². The minimum absolute atomic E-state index is 0.00201. The molecule has 124 valence electrons. The first-order valence-electron chi connectivity index (χ1n) is 7.62. The van der Waals surface area contributed by atoms with Gasteiger partial charge in [0.2, 0.25) is 0 Å². The van der Waals surface area contributed by atoms with Crippen LogP contribution in [-0.2, 0) is 0 Å². The summed E-state index contributed by atoms with van der Waals surface area (Å²) in [5.41, 5.74) is -0.158. The average Bonchev–Trinajstić information content (AvgIpc) is 2.72. The van der Waals surface area contributed by atoms with Crippen LogP contribution in [0.1, 0.15) is 37.7 Å². The highest BCUT2D eigenvalue weighted by Crippen LogP contribution is 2.53. The Morgan fingerprint density at radius 3 is 2.83 bits per heavy atom. The quantitative estimate of drug-likeness (QED) is 0.810. The summed E-state index contributed by atoms with van der Waals surface area (Å²) in [7, 11) is 0. The molecule has 0 amide bonds. The third-order valence-corrected chi connectivity index (χ3v) is 5.60. The highest BCUT2D eigenvalue weighted by atomic mass is 35.5. The molecule has 2 aliphatic rings. The minimum atomic E-state index is -4.30. The fourth-order valence-electron chi connectivity index (χ4n) is 4.32. The number of alkyl halides is 3. The number of pyridine rings is 1. The van der Waals surface area contributed by atoms with Crippen LogP contribution in [0.3, 0.4) is 0 Å². The molecule has 2 fully saturated rings. The molecule has 0 radical (unpaired) electrons. The molecule has 1 aromatic heterocycles. The maximum atomic E-state index is 12.9. The molecule has 3 rings (SSSR count). The van der Waals surface area contributed by atoms with Crippen LogP contribution in [0.4, 0.5) is 13.2 Å². The molecule has 0 aliphatic carbocycles. The van der Waals surface area contributed by atoms with Gasteiger partial charge in [-0.2, -0.15) is 18.4 Å². The summed E-state index contributed by atoms with van der Waals surface area (Å²) < 4.78 is 38.8. The van der Waals surface area contributed by atoms with E-state index in [4.69, 9.17) is 11.6 Å². The van der Waals surface area contributed by atoms with E-state index in [9.17, 15) is 18.4 Å². The van der Waals surface area contributed by atoms with Crippen molar-refractivity contribution in [1.82, 2.24) is 9.88 Å². The van der Waals surface area contributed by atoms with Gasteiger partial charge in [-0.3, -0.25) is 9.88 Å². The fraction of sp³-hybridized carbons (Fsp3) is 0.625. The van der Waals surface area contributed by atoms with Crippen molar-refractivity contribution in [2.75, 3.05) is 6.54 Å². The molecule has 7 heteroatoms. The van der Waals surface area contributed by atoms with E-state index in [1.165, 1.54) is 11.1 Å². The van der Waals surface area contributed by atoms with Crippen molar-refractivity contribution < 1.29 is 13.2 Å². The molecule has 0 spiro atoms. The second-order valence-electron chi connectivity index (χ2n) is 6.54. The summed E-state index contributed by atoms with van der Waals surface area (Å²) in [6.45, 7) is 0.857. The van der Waals surface area contributed by atoms with Crippen LogP contribution >= 0.6 is 11.6 Å². The highest BCUT2D eigenvalue weighted by molar-refractivity contribution is 6.30. The van der Waals surface area contributed by atoms with E-state index in [1.54, 1.807) is 12.3 Å². The first-order chi connectivity index (χ1) is 10.8. The zero-order valence-electron chi connectivity index (χ0n) is 12.6. The monoisotopic (exact) mass is 343 g/mol. The first-order valence-corrected chi connectivity index (χ1v) is 8.00. The minimum Gasteiger partial charge on any atom is -0.274 e. The summed E-state index contributed by atoms with van der Waals surface area (Å²) in [5, 5.41) is 10.2. The number of aromatic nitrogens is 1. The van der Waals surface area contributed by atoms with E-state index >= 15 is 0 Å². The van der Waals surface area contributed by atoms with Gasteiger partial charge in [-0.05, 0) is 42.7 Å². The first kappa shape index (κ1) is 16.5. The smallest absolute Gasteiger partial charge is 0.274 e. The summed E-state index contributed by atoms with van der Waals surface area (Å²) in [6.07, 6.45) is 0.645. The predicted molar refractivity (Wildman–Crippen MR) is 79.9 cm³/mol. The maximum absolute atomic E-state index is 12.9. The third-order valence-electron chi connectivity index (χ3n) is 5.39. The van der Waals surface area contributed by atoms with Crippen LogP contribution in [0.5, 0.6) is 0 Å². The van der Waals surface area contributed by atoms with Crippen LogP contribution in [0, 0.1) is 17.2 Å². The Hall–Kier alpha value is -1.32. The van der Waals surface area contributed by atoms with Gasteiger partial charge in [0.15, 0.2) is 0 Å². The van der Waals surface area contributed by atoms with Crippen LogP contribution in [0.25, 0.3) is 0 Å². The molecule has 2 bridgehead atoms. The standard InChI is InChI=1S/C16H17ClF3N3/c1-10-14(11-4-12(17)7-22-6-11)5-13-2-3-15(10,8-21)23(13)9-16(18,19)20/h4,6-7,10,13-14H,2-3,5,9H2,1H3. The zero-order valence-corrected chi connectivity index (χ0v) is 13.4. The van der Waals surface area contributed by atoms with Gasteiger partial charge >= 0.3 is 6.18 Å². The number of hydrogen-bond donors (Lipinski definition) is 0. The lowest BCUT2D eigenvalue weighted by Crippen LogP contribution is -2.58. The van der Waals surface area contributed by atoms with Crippen molar-refractivity contribution in [1.29, 1.82) is 5.26 Å². The summed E-state index contributed by atoms with van der Waals surface area (Å²) in [6, 6.07) is 3.80. The number of halogens is 4. The molecule has 4 unspecified atom stereocenters. The number of hydrogen-bond acceptors (Lipinski definition) is 3. The van der Waals surface area contributed by atoms with Gasteiger partial charge in [0, 0.05) is 18.4 Å². The summed E-state index contributed by atoms with van der Waals surface area (Å²) in [5.74, 6) is -0.216. The van der Waals surface area contributed by atoms with Crippen LogP contribution in [-0.4, -0.2) is 34.2 Å². The van der Waals surface area contributed by atoms with Gasteiger partial charge in [-0.15, -0.1) is 0 Å². The summed E-state index contributed by atoms with van der Waals surface area (Å²) in [4.78, 5) is 5.46. The van der Waals surface area contributed by atoms with Crippen LogP contribution < -0.4 is 0 Å². The Labute approximate surface area is 138 Å². The second kappa shape index (κ2) is 5.64. The molecule has 0 saturated carbocycles. The van der Waals surface area contributed by atoms with Crippen molar-refractivity contribution in [2.45, 2.75) is 49.9 Å². The Kier molecular flexibility index (Phi) is 4.06. The molecule has 2 saturated heterocycles. The fourth-order valence-corrected chi connectivity index (χ4v) is 4.50. The molecule has 3 nitrogen and oxygen atoms in total. The molecule has 0 N–H and O–H groups in total. The van der Waals surface area contributed by atoms with Gasteiger partial charge in [0.05, 0.1) is 17.6 Å². The number of fused-ring (bicyclic) bond motifs is 2. The molecule has 0 aromatic carbocycles. The SMILES string of the molecule is CC1C(c2cncc(Cl)c2)CC2CCC1(C#N)N2CC(F)(F)F. The zero-order chi connectivity index (χ0) is 16.8. The normalized spacial score (nSPS) is 34.3. The highest BCUT2D eigenvalue weighted by Gasteiger charge is 2.58. The van der Waals surface area contributed by atoms with E-state index in [-0.39, 0.29) is 17.9 Å². The lowest BCUT2D eigenvalue weighted by molar-refractivity contribution is -0.165. The predicted octanol–water partition coefficient (Wildman–Crippen LogP) is 4.15. The van der Waals surface area contributed by atoms with Crippen LogP contribution in [0.15, 0.2) is 18.5 Å². The molecule has 2 aliphatic heterocycles. The molecular formula is C16H17ClF3N3. The Balaban J connectivity index is 1.96. The van der Waals surface area contributed by atoms with Gasteiger partial charge < -0.3 is 0 Å². The van der Waals surface area contributed by atoms with Crippen molar-refractivity contribution in [3.63, 3.8) is 0 Å². The Morgan fingerprint density at radius 2 is 2.22 bits per heavy atom. The van der Waals surface area contributed by atoms with E-state index in [0.717, 1.165) is 5.56 Å². The molecule has 3 heterocycles. The number of nitriles is 1. The molecular weight excluding hydrogens is 327 g/mol. The molecule has 1 aromatic rings. The lowest BCUT2D eigenvalue weighted by Gasteiger charge is -2.48. The van der Waals surface area contributed by atoms with Crippen molar-refractivity contribution in [2.24, 2.45) is 5.92 Å². The lowest BCUT2D eigenvalue weighted by atomic mass is 9.70. The van der Waals surface area contributed by atoms with Crippen molar-refractivity contribution in [3.05, 3.63) is 29.0 Å². The Morgan fingerprint density at radius 1 is 1.48 bits per heavy atom. The van der Waals surface area contributed by atoms with Crippen molar-refractivity contribution in [3.8, 4) is 6.07 Å². The van der Waals surface area contributed by atoms with Crippen molar-refractivity contribution >= 4 is 11.6 Å². The summed E-state index contributed by atoms with van der Waals surface area (Å²) >= 11 is 6.00. The maximum Gasteiger partial charge on any atom is 0.401 e. The van der Waals surface area contributed by atoms with Crippen LogP contribution in [0.2, 0.25) is 5.02 Å². The topological polar surface area (TPSA) is 39.9 Å². The van der Waals surface area contributed by atoms with Gasteiger partial charge in [-0.25, -0.2) is 0 Å². The van der Waals surface area contributed by atoms with E-state index < -0.39 is 18.3 Å². The Bertz CT molecular complexity index is 642.